The van der Waals surface area contributed by atoms with Crippen molar-refractivity contribution in [1.29, 1.82) is 0 Å². The summed E-state index contributed by atoms with van der Waals surface area (Å²) in [6.07, 6.45) is 2.15. The topological polar surface area (TPSA) is 57.3 Å². The number of carbonyl (C=O) groups is 1. The predicted molar refractivity (Wildman–Crippen MR) is 127 cm³/mol. The predicted octanol–water partition coefficient (Wildman–Crippen LogP) is 6.67. The van der Waals surface area contributed by atoms with Crippen LogP contribution < -0.4 is 15.5 Å². The molecule has 0 saturated heterocycles. The quantitative estimate of drug-likeness (QED) is 0.426. The third kappa shape index (κ3) is 5.97. The zero-order valence-corrected chi connectivity index (χ0v) is 18.1. The van der Waals surface area contributed by atoms with Crippen molar-refractivity contribution in [2.75, 3.05) is 28.6 Å². The molecule has 0 aliphatic carbocycles. The maximum absolute atomic E-state index is 12.3. The molecule has 156 valence electrons. The SMILES string of the molecule is CCCN(CCC)c1cccc(-c2cccc(NC(=O)Nc3ccc(Cl)cc3)c2)n1. The highest BCUT2D eigenvalue weighted by Gasteiger charge is 2.09. The van der Waals surface area contributed by atoms with Gasteiger partial charge in [0.1, 0.15) is 5.82 Å². The molecule has 30 heavy (non-hydrogen) atoms. The highest BCUT2D eigenvalue weighted by molar-refractivity contribution is 6.30. The molecule has 0 aliphatic heterocycles. The number of carbonyl (C=O) groups excluding carboxylic acids is 1. The minimum absolute atomic E-state index is 0.312. The average molecular weight is 423 g/mol. The van der Waals surface area contributed by atoms with Crippen LogP contribution in [0.5, 0.6) is 0 Å². The van der Waals surface area contributed by atoms with Gasteiger partial charge in [0.15, 0.2) is 0 Å². The Balaban J connectivity index is 1.74. The van der Waals surface area contributed by atoms with Gasteiger partial charge in [-0.2, -0.15) is 0 Å². The summed E-state index contributed by atoms with van der Waals surface area (Å²) in [6, 6.07) is 20.4. The third-order valence-electron chi connectivity index (χ3n) is 4.56. The van der Waals surface area contributed by atoms with E-state index in [4.69, 9.17) is 16.6 Å². The van der Waals surface area contributed by atoms with Crippen molar-refractivity contribution < 1.29 is 4.79 Å². The van der Waals surface area contributed by atoms with Crippen molar-refractivity contribution in [1.82, 2.24) is 4.98 Å². The molecule has 0 spiro atoms. The second kappa shape index (κ2) is 10.6. The lowest BCUT2D eigenvalue weighted by Crippen LogP contribution is -2.25. The van der Waals surface area contributed by atoms with Crippen molar-refractivity contribution >= 4 is 34.8 Å². The summed E-state index contributed by atoms with van der Waals surface area (Å²) in [5.74, 6) is 0.982. The van der Waals surface area contributed by atoms with Gasteiger partial charge in [-0.1, -0.05) is 43.6 Å². The summed E-state index contributed by atoms with van der Waals surface area (Å²) in [4.78, 5) is 19.5. The highest BCUT2D eigenvalue weighted by Crippen LogP contribution is 2.24. The van der Waals surface area contributed by atoms with Crippen LogP contribution >= 0.6 is 11.6 Å². The molecule has 1 heterocycles. The number of benzene rings is 2. The largest absolute Gasteiger partial charge is 0.357 e. The standard InChI is InChI=1S/C24H27ClN4O/c1-3-15-29(16-4-2)23-10-6-9-22(28-23)18-7-5-8-21(17-18)27-24(30)26-20-13-11-19(25)12-14-20/h5-14,17H,3-4,15-16H2,1-2H3,(H2,26,27,30). The first kappa shape index (κ1) is 21.7. The smallest absolute Gasteiger partial charge is 0.323 e. The van der Waals surface area contributed by atoms with Crippen LogP contribution in [0.1, 0.15) is 26.7 Å². The van der Waals surface area contributed by atoms with Crippen LogP contribution in [0, 0.1) is 0 Å². The van der Waals surface area contributed by atoms with Crippen LogP contribution in [0.25, 0.3) is 11.3 Å². The molecule has 5 nitrogen and oxygen atoms in total. The molecule has 0 bridgehead atoms. The van der Waals surface area contributed by atoms with Gasteiger partial charge in [0.2, 0.25) is 0 Å². The van der Waals surface area contributed by atoms with E-state index < -0.39 is 0 Å². The minimum Gasteiger partial charge on any atom is -0.357 e. The molecular weight excluding hydrogens is 396 g/mol. The number of halogens is 1. The van der Waals surface area contributed by atoms with Gasteiger partial charge in [-0.05, 0) is 61.4 Å². The monoisotopic (exact) mass is 422 g/mol. The molecule has 3 aromatic rings. The molecule has 0 saturated carbocycles. The van der Waals surface area contributed by atoms with E-state index in [2.05, 4.69) is 35.4 Å². The van der Waals surface area contributed by atoms with Gasteiger partial charge in [0.05, 0.1) is 5.69 Å². The lowest BCUT2D eigenvalue weighted by molar-refractivity contribution is 0.262. The lowest BCUT2D eigenvalue weighted by atomic mass is 10.1. The maximum atomic E-state index is 12.3. The van der Waals surface area contributed by atoms with Gasteiger partial charge in [-0.15, -0.1) is 0 Å². The normalized spacial score (nSPS) is 10.5. The summed E-state index contributed by atoms with van der Waals surface area (Å²) in [5, 5.41) is 6.29. The Labute approximate surface area is 183 Å². The second-order valence-electron chi connectivity index (χ2n) is 7.03. The number of rotatable bonds is 8. The number of hydrogen-bond acceptors (Lipinski definition) is 3. The van der Waals surface area contributed by atoms with Crippen LogP contribution in [0.2, 0.25) is 5.02 Å². The Morgan fingerprint density at radius 1 is 0.900 bits per heavy atom. The Hall–Kier alpha value is -3.05. The number of nitrogens with one attached hydrogen (secondary N) is 2. The molecule has 0 aliphatic rings. The summed E-state index contributed by atoms with van der Waals surface area (Å²) in [6.45, 7) is 6.32. The molecule has 1 aromatic heterocycles. The van der Waals surface area contributed by atoms with Gasteiger partial charge < -0.3 is 15.5 Å². The van der Waals surface area contributed by atoms with Crippen LogP contribution in [0.4, 0.5) is 22.0 Å². The van der Waals surface area contributed by atoms with Crippen LogP contribution in [-0.4, -0.2) is 24.1 Å². The molecular formula is C24H27ClN4O. The molecule has 2 N–H and O–H groups in total. The zero-order chi connectivity index (χ0) is 21.3. The fourth-order valence-electron chi connectivity index (χ4n) is 3.22. The molecule has 2 amide bonds. The highest BCUT2D eigenvalue weighted by atomic mass is 35.5. The number of pyridine rings is 1. The Morgan fingerprint density at radius 2 is 1.57 bits per heavy atom. The van der Waals surface area contributed by atoms with Crippen molar-refractivity contribution in [2.24, 2.45) is 0 Å². The minimum atomic E-state index is -0.312. The van der Waals surface area contributed by atoms with E-state index in [1.165, 1.54) is 0 Å². The first-order chi connectivity index (χ1) is 14.6. The second-order valence-corrected chi connectivity index (χ2v) is 7.47. The maximum Gasteiger partial charge on any atom is 0.323 e. The van der Waals surface area contributed by atoms with E-state index in [0.717, 1.165) is 43.0 Å². The molecule has 0 fully saturated rings. The number of amides is 2. The number of nitrogens with zero attached hydrogens (tertiary/aromatic N) is 2. The molecule has 0 unspecified atom stereocenters. The number of hydrogen-bond donors (Lipinski definition) is 2. The zero-order valence-electron chi connectivity index (χ0n) is 17.4. The van der Waals surface area contributed by atoms with Gasteiger partial charge in [-0.3, -0.25) is 0 Å². The van der Waals surface area contributed by atoms with Gasteiger partial charge in [0.25, 0.3) is 0 Å². The van der Waals surface area contributed by atoms with Gasteiger partial charge in [-0.25, -0.2) is 9.78 Å². The molecule has 0 radical (unpaired) electrons. The Morgan fingerprint density at radius 3 is 2.27 bits per heavy atom. The molecule has 6 heteroatoms. The number of urea groups is 1. The van der Waals surface area contributed by atoms with Gasteiger partial charge in [0, 0.05) is 35.1 Å². The van der Waals surface area contributed by atoms with E-state index in [-0.39, 0.29) is 6.03 Å². The fourth-order valence-corrected chi connectivity index (χ4v) is 3.35. The van der Waals surface area contributed by atoms with E-state index >= 15 is 0 Å². The lowest BCUT2D eigenvalue weighted by Gasteiger charge is -2.23. The average Bonchev–Trinajstić information content (AvgIpc) is 2.75. The van der Waals surface area contributed by atoms with Crippen molar-refractivity contribution in [3.63, 3.8) is 0 Å². The van der Waals surface area contributed by atoms with E-state index in [1.54, 1.807) is 24.3 Å². The molecule has 2 aromatic carbocycles. The van der Waals surface area contributed by atoms with Crippen molar-refractivity contribution in [3.05, 3.63) is 71.8 Å². The van der Waals surface area contributed by atoms with Crippen LogP contribution in [0.15, 0.2) is 66.7 Å². The first-order valence-electron chi connectivity index (χ1n) is 10.2. The molecule has 3 rings (SSSR count). The van der Waals surface area contributed by atoms with E-state index in [9.17, 15) is 4.79 Å². The fraction of sp³-hybridized carbons (Fsp3) is 0.250. The summed E-state index contributed by atoms with van der Waals surface area (Å²) in [5.41, 5.74) is 3.21. The summed E-state index contributed by atoms with van der Waals surface area (Å²) in [7, 11) is 0. The van der Waals surface area contributed by atoms with Gasteiger partial charge >= 0.3 is 6.03 Å². The Bertz CT molecular complexity index is 969. The summed E-state index contributed by atoms with van der Waals surface area (Å²) < 4.78 is 0. The van der Waals surface area contributed by atoms with Crippen molar-refractivity contribution in [2.45, 2.75) is 26.7 Å². The van der Waals surface area contributed by atoms with Crippen molar-refractivity contribution in [3.8, 4) is 11.3 Å². The van der Waals surface area contributed by atoms with E-state index in [1.807, 2.05) is 36.4 Å². The van der Waals surface area contributed by atoms with Crippen LogP contribution in [0.3, 0.4) is 0 Å². The first-order valence-corrected chi connectivity index (χ1v) is 10.6. The number of aromatic nitrogens is 1. The number of anilines is 3. The third-order valence-corrected chi connectivity index (χ3v) is 4.82. The van der Waals surface area contributed by atoms with Crippen LogP contribution in [-0.2, 0) is 0 Å². The Kier molecular flexibility index (Phi) is 7.69. The van der Waals surface area contributed by atoms with E-state index in [0.29, 0.717) is 16.4 Å². The molecule has 0 atom stereocenters. The summed E-state index contributed by atoms with van der Waals surface area (Å²) >= 11 is 5.88.